The van der Waals surface area contributed by atoms with E-state index in [0.717, 1.165) is 0 Å². The fraction of sp³-hybridized carbons (Fsp3) is 0.250. The van der Waals surface area contributed by atoms with E-state index in [4.69, 9.17) is 5.11 Å². The van der Waals surface area contributed by atoms with Crippen molar-refractivity contribution in [1.29, 1.82) is 0 Å². The molecule has 1 aromatic rings. The summed E-state index contributed by atoms with van der Waals surface area (Å²) in [5, 5.41) is 18.8. The van der Waals surface area contributed by atoms with Crippen LogP contribution in [0.15, 0.2) is 24.3 Å². The lowest BCUT2D eigenvalue weighted by atomic mass is 10.1. The van der Waals surface area contributed by atoms with Crippen LogP contribution in [0.4, 0.5) is 5.69 Å². The van der Waals surface area contributed by atoms with Crippen molar-refractivity contribution in [2.75, 3.05) is 6.61 Å². The molecule has 0 radical (unpaired) electrons. The summed E-state index contributed by atoms with van der Waals surface area (Å²) in [5.41, 5.74) is 0.671. The fourth-order valence-corrected chi connectivity index (χ4v) is 1.11. The minimum absolute atomic E-state index is 0.0185. The Hall–Kier alpha value is -1.07. The lowest BCUT2D eigenvalue weighted by molar-refractivity contribution is -0.384. The van der Waals surface area contributed by atoms with E-state index in [0.29, 0.717) is 5.56 Å². The maximum atomic E-state index is 10.4. The lowest BCUT2D eigenvalue weighted by Gasteiger charge is -2.05. The highest BCUT2D eigenvalue weighted by atomic mass is 32.1. The largest absolute Gasteiger partial charge is 0.395 e. The topological polar surface area (TPSA) is 63.4 Å². The van der Waals surface area contributed by atoms with Crippen LogP contribution in [0.5, 0.6) is 0 Å². The number of aliphatic hydroxyl groups excluding tert-OH is 1. The van der Waals surface area contributed by atoms with E-state index in [-0.39, 0.29) is 17.5 Å². The van der Waals surface area contributed by atoms with Gasteiger partial charge in [-0.25, -0.2) is 0 Å². The van der Waals surface area contributed by atoms with E-state index in [1.54, 1.807) is 12.1 Å². The molecule has 70 valence electrons. The molecule has 1 unspecified atom stereocenters. The number of thiol groups is 1. The van der Waals surface area contributed by atoms with Gasteiger partial charge in [0.05, 0.1) is 16.8 Å². The Morgan fingerprint density at radius 1 is 1.62 bits per heavy atom. The van der Waals surface area contributed by atoms with Crippen LogP contribution >= 0.6 is 12.6 Å². The van der Waals surface area contributed by atoms with Gasteiger partial charge in [-0.1, -0.05) is 12.1 Å². The highest BCUT2D eigenvalue weighted by Gasteiger charge is 2.09. The Morgan fingerprint density at radius 2 is 2.31 bits per heavy atom. The molecule has 0 aliphatic carbocycles. The van der Waals surface area contributed by atoms with Crippen molar-refractivity contribution in [3.63, 3.8) is 0 Å². The molecule has 0 aromatic heterocycles. The summed E-state index contributed by atoms with van der Waals surface area (Å²) in [6.07, 6.45) is 0. The van der Waals surface area contributed by atoms with Crippen molar-refractivity contribution in [2.24, 2.45) is 0 Å². The minimum atomic E-state index is -0.471. The predicted octanol–water partition coefficient (Wildman–Crippen LogP) is 1.56. The Bertz CT molecular complexity index is 316. The van der Waals surface area contributed by atoms with Gasteiger partial charge >= 0.3 is 0 Å². The van der Waals surface area contributed by atoms with Gasteiger partial charge in [-0.2, -0.15) is 12.6 Å². The number of hydrogen-bond acceptors (Lipinski definition) is 4. The molecule has 0 aliphatic heterocycles. The molecule has 0 spiro atoms. The average Bonchev–Trinajstić information content (AvgIpc) is 2.17. The van der Waals surface area contributed by atoms with Crippen LogP contribution in [-0.4, -0.2) is 16.6 Å². The lowest BCUT2D eigenvalue weighted by Crippen LogP contribution is -1.97. The van der Waals surface area contributed by atoms with E-state index >= 15 is 0 Å². The summed E-state index contributed by atoms with van der Waals surface area (Å²) >= 11 is 4.06. The zero-order valence-electron chi connectivity index (χ0n) is 6.75. The Kier molecular flexibility index (Phi) is 3.27. The zero-order valence-corrected chi connectivity index (χ0v) is 7.65. The molecule has 0 aliphatic rings. The van der Waals surface area contributed by atoms with Gasteiger partial charge in [-0.05, 0) is 5.56 Å². The molecular formula is C8H9NO3S. The molecule has 0 saturated heterocycles. The van der Waals surface area contributed by atoms with Crippen LogP contribution < -0.4 is 0 Å². The molecule has 0 amide bonds. The van der Waals surface area contributed by atoms with Gasteiger partial charge < -0.3 is 5.11 Å². The molecule has 0 heterocycles. The Morgan fingerprint density at radius 3 is 2.85 bits per heavy atom. The average molecular weight is 199 g/mol. The molecule has 13 heavy (non-hydrogen) atoms. The predicted molar refractivity (Wildman–Crippen MR) is 51.9 cm³/mol. The third kappa shape index (κ3) is 2.43. The smallest absolute Gasteiger partial charge is 0.269 e. The van der Waals surface area contributed by atoms with Crippen molar-refractivity contribution in [3.05, 3.63) is 39.9 Å². The van der Waals surface area contributed by atoms with E-state index in [9.17, 15) is 10.1 Å². The Balaban J connectivity index is 2.98. The third-order valence-corrected chi connectivity index (χ3v) is 2.10. The number of hydrogen-bond donors (Lipinski definition) is 2. The summed E-state index contributed by atoms with van der Waals surface area (Å²) in [7, 11) is 0. The van der Waals surface area contributed by atoms with E-state index in [2.05, 4.69) is 12.6 Å². The van der Waals surface area contributed by atoms with E-state index < -0.39 is 4.92 Å². The maximum Gasteiger partial charge on any atom is 0.269 e. The second-order valence-corrected chi connectivity index (χ2v) is 3.17. The number of nitrogens with zero attached hydrogens (tertiary/aromatic N) is 1. The second kappa shape index (κ2) is 4.25. The SMILES string of the molecule is O=[N+]([O-])c1cccc(C(S)CO)c1. The summed E-state index contributed by atoms with van der Waals surface area (Å²) in [6.45, 7) is -0.135. The number of rotatable bonds is 3. The van der Waals surface area contributed by atoms with Crippen LogP contribution in [0.25, 0.3) is 0 Å². The summed E-state index contributed by atoms with van der Waals surface area (Å²) in [4.78, 5) is 9.91. The zero-order chi connectivity index (χ0) is 9.84. The van der Waals surface area contributed by atoms with E-state index in [1.165, 1.54) is 12.1 Å². The van der Waals surface area contributed by atoms with Crippen molar-refractivity contribution < 1.29 is 10.0 Å². The molecular weight excluding hydrogens is 190 g/mol. The maximum absolute atomic E-state index is 10.4. The van der Waals surface area contributed by atoms with Gasteiger partial charge in [0.25, 0.3) is 5.69 Å². The van der Waals surface area contributed by atoms with Crippen molar-refractivity contribution in [1.82, 2.24) is 0 Å². The molecule has 0 bridgehead atoms. The summed E-state index contributed by atoms with van der Waals surface area (Å²) in [5.74, 6) is 0. The van der Waals surface area contributed by atoms with Gasteiger partial charge in [0.1, 0.15) is 0 Å². The van der Waals surface area contributed by atoms with Gasteiger partial charge in [0.15, 0.2) is 0 Å². The Labute approximate surface area is 80.8 Å². The normalized spacial score (nSPS) is 12.5. The van der Waals surface area contributed by atoms with Crippen LogP contribution in [-0.2, 0) is 0 Å². The number of nitro groups is 1. The fourth-order valence-electron chi connectivity index (χ4n) is 0.951. The number of nitro benzene ring substituents is 1. The minimum Gasteiger partial charge on any atom is -0.395 e. The molecule has 0 fully saturated rings. The van der Waals surface area contributed by atoms with Crippen molar-refractivity contribution in [3.8, 4) is 0 Å². The van der Waals surface area contributed by atoms with Crippen LogP contribution in [0.3, 0.4) is 0 Å². The first-order chi connectivity index (χ1) is 6.15. The summed E-state index contributed by atoms with van der Waals surface area (Å²) in [6, 6.07) is 6.09. The van der Waals surface area contributed by atoms with Gasteiger partial charge in [0.2, 0.25) is 0 Å². The molecule has 4 nitrogen and oxygen atoms in total. The quantitative estimate of drug-likeness (QED) is 0.441. The molecule has 5 heteroatoms. The molecule has 1 rings (SSSR count). The number of non-ortho nitro benzene ring substituents is 1. The molecule has 1 N–H and O–H groups in total. The highest BCUT2D eigenvalue weighted by molar-refractivity contribution is 7.80. The van der Waals surface area contributed by atoms with E-state index in [1.807, 2.05) is 0 Å². The molecule has 1 aromatic carbocycles. The number of benzene rings is 1. The second-order valence-electron chi connectivity index (χ2n) is 2.55. The molecule has 0 saturated carbocycles. The van der Waals surface area contributed by atoms with Gasteiger partial charge in [0, 0.05) is 12.1 Å². The van der Waals surface area contributed by atoms with Crippen LogP contribution in [0.1, 0.15) is 10.8 Å². The first kappa shape index (κ1) is 10.0. The van der Waals surface area contributed by atoms with Crippen LogP contribution in [0.2, 0.25) is 0 Å². The van der Waals surface area contributed by atoms with Gasteiger partial charge in [-0.15, -0.1) is 0 Å². The monoisotopic (exact) mass is 199 g/mol. The first-order valence-corrected chi connectivity index (χ1v) is 4.20. The standard InChI is InChI=1S/C8H9NO3S/c10-5-8(13)6-2-1-3-7(4-6)9(11)12/h1-4,8,10,13H,5H2. The van der Waals surface area contributed by atoms with Crippen molar-refractivity contribution >= 4 is 18.3 Å². The van der Waals surface area contributed by atoms with Gasteiger partial charge in [-0.3, -0.25) is 10.1 Å². The first-order valence-electron chi connectivity index (χ1n) is 3.68. The van der Waals surface area contributed by atoms with Crippen LogP contribution in [0, 0.1) is 10.1 Å². The highest BCUT2D eigenvalue weighted by Crippen LogP contribution is 2.22. The van der Waals surface area contributed by atoms with Crippen molar-refractivity contribution in [2.45, 2.75) is 5.25 Å². The summed E-state index contributed by atoms with van der Waals surface area (Å²) < 4.78 is 0. The number of aliphatic hydroxyl groups is 1. The third-order valence-electron chi connectivity index (χ3n) is 1.64. The molecule has 1 atom stereocenters.